The van der Waals surface area contributed by atoms with Crippen LogP contribution in [0.25, 0.3) is 16.9 Å². The zero-order chi connectivity index (χ0) is 18.3. The molecule has 2 aromatic heterocycles. The molecule has 1 saturated heterocycles. The van der Waals surface area contributed by atoms with Gasteiger partial charge in [-0.05, 0) is 30.1 Å². The molecule has 2 atom stereocenters. The van der Waals surface area contributed by atoms with E-state index in [4.69, 9.17) is 9.26 Å². The van der Waals surface area contributed by atoms with E-state index in [9.17, 15) is 4.39 Å². The number of benzene rings is 1. The summed E-state index contributed by atoms with van der Waals surface area (Å²) in [6.45, 7) is 5.64. The summed E-state index contributed by atoms with van der Waals surface area (Å²) in [6, 6.07) is 4.97. The van der Waals surface area contributed by atoms with Crippen LogP contribution in [0.2, 0.25) is 0 Å². The molecular weight excluding hydrogens is 337 g/mol. The smallest absolute Gasteiger partial charge is 0.291 e. The van der Waals surface area contributed by atoms with Crippen molar-refractivity contribution in [1.29, 1.82) is 0 Å². The van der Waals surface area contributed by atoms with Gasteiger partial charge >= 0.3 is 0 Å². The predicted molar refractivity (Wildman–Crippen MR) is 94.0 cm³/mol. The van der Waals surface area contributed by atoms with Gasteiger partial charge in [-0.2, -0.15) is 14.8 Å². The molecule has 138 valence electrons. The molecule has 1 aliphatic heterocycles. The highest BCUT2D eigenvalue weighted by molar-refractivity contribution is 5.84. The molecular formula is C18H22FN5O2. The van der Waals surface area contributed by atoms with Crippen LogP contribution in [0.3, 0.4) is 0 Å². The maximum Gasteiger partial charge on any atom is 0.291 e. The monoisotopic (exact) mass is 359 g/mol. The molecule has 0 bridgehead atoms. The molecule has 8 heteroatoms. The number of fused-ring (bicyclic) bond motifs is 1. The first-order valence-corrected chi connectivity index (χ1v) is 8.84. The van der Waals surface area contributed by atoms with E-state index in [2.05, 4.69) is 20.6 Å². The lowest BCUT2D eigenvalue weighted by Gasteiger charge is -2.28. The summed E-state index contributed by atoms with van der Waals surface area (Å²) in [5.41, 5.74) is 1.18. The summed E-state index contributed by atoms with van der Waals surface area (Å²) in [4.78, 5) is 4.51. The number of aromatic nitrogens is 4. The van der Waals surface area contributed by atoms with E-state index >= 15 is 0 Å². The first kappa shape index (κ1) is 17.1. The molecule has 3 aromatic rings. The fourth-order valence-electron chi connectivity index (χ4n) is 3.54. The molecule has 0 unspecified atom stereocenters. The fourth-order valence-corrected chi connectivity index (χ4v) is 3.54. The maximum atomic E-state index is 14.5. The third-order valence-corrected chi connectivity index (χ3v) is 4.90. The molecule has 3 heterocycles. The van der Waals surface area contributed by atoms with Gasteiger partial charge in [-0.1, -0.05) is 26.0 Å². The van der Waals surface area contributed by atoms with Gasteiger partial charge in [0.15, 0.2) is 0 Å². The molecule has 1 fully saturated rings. The van der Waals surface area contributed by atoms with Crippen molar-refractivity contribution in [2.75, 3.05) is 20.2 Å². The number of ether oxygens (including phenoxy) is 1. The summed E-state index contributed by atoms with van der Waals surface area (Å²) < 4.78 is 27.0. The quantitative estimate of drug-likeness (QED) is 0.772. The van der Waals surface area contributed by atoms with E-state index < -0.39 is 0 Å². The standard InChI is InChI=1S/C18H22FN5O2/c1-10(2)15-12-5-4-6-13(19)16(12)24(22-15)18-21-17(26-23-18)11-7-8-20-9-14(11)25-3/h4-6,10-11,14,20H,7-9H2,1-3H3/t11-,14+/m1/s1. The minimum atomic E-state index is -0.357. The third-order valence-electron chi connectivity index (χ3n) is 4.90. The highest BCUT2D eigenvalue weighted by Crippen LogP contribution is 2.30. The first-order chi connectivity index (χ1) is 12.6. The Morgan fingerprint density at radius 3 is 3.00 bits per heavy atom. The molecule has 0 radical (unpaired) electrons. The van der Waals surface area contributed by atoms with Crippen molar-refractivity contribution in [3.8, 4) is 5.95 Å². The number of methoxy groups -OCH3 is 1. The Kier molecular flexibility index (Phi) is 4.46. The minimum Gasteiger partial charge on any atom is -0.379 e. The van der Waals surface area contributed by atoms with Crippen molar-refractivity contribution in [3.63, 3.8) is 0 Å². The molecule has 7 nitrogen and oxygen atoms in total. The van der Waals surface area contributed by atoms with Crippen molar-refractivity contribution in [2.45, 2.75) is 38.2 Å². The van der Waals surface area contributed by atoms with Crippen molar-refractivity contribution in [3.05, 3.63) is 35.6 Å². The number of hydrogen-bond acceptors (Lipinski definition) is 6. The van der Waals surface area contributed by atoms with Gasteiger partial charge in [-0.15, -0.1) is 0 Å². The van der Waals surface area contributed by atoms with Gasteiger partial charge in [0.2, 0.25) is 5.89 Å². The second-order valence-corrected chi connectivity index (χ2v) is 6.89. The van der Waals surface area contributed by atoms with Crippen LogP contribution in [-0.4, -0.2) is 46.2 Å². The Morgan fingerprint density at radius 1 is 1.38 bits per heavy atom. The van der Waals surface area contributed by atoms with E-state index in [-0.39, 0.29) is 29.7 Å². The highest BCUT2D eigenvalue weighted by atomic mass is 19.1. The van der Waals surface area contributed by atoms with Crippen LogP contribution >= 0.6 is 0 Å². The summed E-state index contributed by atoms with van der Waals surface area (Å²) in [6.07, 6.45) is 0.806. The SMILES string of the molecule is CO[C@H]1CNCC[C@H]1c1nc(-n2nc(C(C)C)c3cccc(F)c32)no1. The number of hydrogen-bond donors (Lipinski definition) is 1. The van der Waals surface area contributed by atoms with E-state index in [1.807, 2.05) is 19.9 Å². The minimum absolute atomic E-state index is 0.0127. The molecule has 1 aromatic carbocycles. The van der Waals surface area contributed by atoms with Crippen LogP contribution in [0, 0.1) is 5.82 Å². The lowest BCUT2D eigenvalue weighted by molar-refractivity contribution is 0.0520. The number of halogens is 1. The van der Waals surface area contributed by atoms with E-state index in [0.717, 1.165) is 30.6 Å². The largest absolute Gasteiger partial charge is 0.379 e. The van der Waals surface area contributed by atoms with Crippen molar-refractivity contribution in [1.82, 2.24) is 25.2 Å². The molecule has 1 aliphatic rings. The zero-order valence-electron chi connectivity index (χ0n) is 15.1. The van der Waals surface area contributed by atoms with E-state index in [1.165, 1.54) is 10.7 Å². The second kappa shape index (κ2) is 6.77. The summed E-state index contributed by atoms with van der Waals surface area (Å²) in [7, 11) is 1.67. The summed E-state index contributed by atoms with van der Waals surface area (Å²) >= 11 is 0. The number of para-hydroxylation sites is 1. The Bertz CT molecular complexity index is 920. The molecule has 0 amide bonds. The predicted octanol–water partition coefficient (Wildman–Crippen LogP) is 2.76. The molecule has 0 aliphatic carbocycles. The van der Waals surface area contributed by atoms with Crippen LogP contribution in [0.1, 0.15) is 43.7 Å². The van der Waals surface area contributed by atoms with Gasteiger partial charge in [0, 0.05) is 19.0 Å². The molecule has 1 N–H and O–H groups in total. The van der Waals surface area contributed by atoms with Crippen LogP contribution in [0.5, 0.6) is 0 Å². The van der Waals surface area contributed by atoms with Gasteiger partial charge in [0.25, 0.3) is 5.95 Å². The summed E-state index contributed by atoms with van der Waals surface area (Å²) in [5.74, 6) is 0.549. The van der Waals surface area contributed by atoms with Gasteiger partial charge in [-0.25, -0.2) is 4.39 Å². The van der Waals surface area contributed by atoms with Crippen LogP contribution in [-0.2, 0) is 4.74 Å². The fraction of sp³-hybridized carbons (Fsp3) is 0.500. The Balaban J connectivity index is 1.78. The van der Waals surface area contributed by atoms with Crippen LogP contribution in [0.15, 0.2) is 22.7 Å². The second-order valence-electron chi connectivity index (χ2n) is 6.89. The number of nitrogens with zero attached hydrogens (tertiary/aromatic N) is 4. The lowest BCUT2D eigenvalue weighted by Crippen LogP contribution is -2.40. The van der Waals surface area contributed by atoms with Gasteiger partial charge in [0.05, 0.1) is 17.7 Å². The van der Waals surface area contributed by atoms with Gasteiger partial charge in [0.1, 0.15) is 11.3 Å². The van der Waals surface area contributed by atoms with Gasteiger partial charge in [-0.3, -0.25) is 0 Å². The molecule has 0 saturated carbocycles. The Hall–Kier alpha value is -2.32. The Labute approximate surface area is 150 Å². The van der Waals surface area contributed by atoms with E-state index in [0.29, 0.717) is 11.4 Å². The zero-order valence-corrected chi connectivity index (χ0v) is 15.1. The highest BCUT2D eigenvalue weighted by Gasteiger charge is 2.31. The third kappa shape index (κ3) is 2.79. The van der Waals surface area contributed by atoms with E-state index in [1.54, 1.807) is 13.2 Å². The Morgan fingerprint density at radius 2 is 2.23 bits per heavy atom. The topological polar surface area (TPSA) is 78.0 Å². The lowest BCUT2D eigenvalue weighted by atomic mass is 9.95. The maximum absolute atomic E-state index is 14.5. The average Bonchev–Trinajstić information content (AvgIpc) is 3.27. The number of nitrogens with one attached hydrogen (secondary N) is 1. The summed E-state index contributed by atoms with van der Waals surface area (Å²) in [5, 5.41) is 12.7. The first-order valence-electron chi connectivity index (χ1n) is 8.84. The molecule has 4 rings (SSSR count). The van der Waals surface area contributed by atoms with Crippen molar-refractivity contribution in [2.24, 2.45) is 0 Å². The van der Waals surface area contributed by atoms with Crippen molar-refractivity contribution >= 4 is 10.9 Å². The van der Waals surface area contributed by atoms with Crippen LogP contribution < -0.4 is 5.32 Å². The average molecular weight is 359 g/mol. The molecule has 26 heavy (non-hydrogen) atoms. The number of rotatable bonds is 4. The number of piperidine rings is 1. The van der Waals surface area contributed by atoms with Crippen LogP contribution in [0.4, 0.5) is 4.39 Å². The normalized spacial score (nSPS) is 21.0. The van der Waals surface area contributed by atoms with Crippen molar-refractivity contribution < 1.29 is 13.7 Å². The van der Waals surface area contributed by atoms with Gasteiger partial charge < -0.3 is 14.6 Å². The molecule has 0 spiro atoms.